The Morgan fingerprint density at radius 2 is 2.67 bits per heavy atom. The Hall–Kier alpha value is -1.24. The Bertz CT molecular complexity index is 235. The van der Waals surface area contributed by atoms with E-state index in [1.165, 1.54) is 0 Å². The van der Waals surface area contributed by atoms with Crippen LogP contribution in [0.4, 0.5) is 0 Å². The minimum absolute atomic E-state index is 0.390. The molecule has 0 aliphatic heterocycles. The van der Waals surface area contributed by atoms with Gasteiger partial charge in [-0.1, -0.05) is 0 Å². The summed E-state index contributed by atoms with van der Waals surface area (Å²) in [6.07, 6.45) is 3.49. The molecule has 0 aromatic carbocycles. The van der Waals surface area contributed by atoms with E-state index >= 15 is 0 Å². The summed E-state index contributed by atoms with van der Waals surface area (Å²) in [6, 6.07) is 0. The van der Waals surface area contributed by atoms with Gasteiger partial charge in [0.05, 0.1) is 12.0 Å². The molecule has 0 aliphatic carbocycles. The molecule has 0 saturated heterocycles. The van der Waals surface area contributed by atoms with E-state index in [-0.39, 0.29) is 0 Å². The molecule has 0 N–H and O–H groups in total. The van der Waals surface area contributed by atoms with Crippen molar-refractivity contribution in [1.82, 2.24) is 9.46 Å². The standard InChI is InChI=1S/C5H6BN3/c1-5-2-9(4-8-5)6-3-7/h2,4,6H,1H3. The highest BCUT2D eigenvalue weighted by Gasteiger charge is 1.91. The fourth-order valence-corrected chi connectivity index (χ4v) is 0.640. The van der Waals surface area contributed by atoms with E-state index in [2.05, 4.69) is 4.98 Å². The lowest BCUT2D eigenvalue weighted by molar-refractivity contribution is 1.19. The minimum Gasteiger partial charge on any atom is -0.370 e. The van der Waals surface area contributed by atoms with Crippen molar-refractivity contribution in [3.05, 3.63) is 18.2 Å². The first kappa shape index (κ1) is 5.89. The second-order valence-corrected chi connectivity index (χ2v) is 1.85. The van der Waals surface area contributed by atoms with E-state index < -0.39 is 0 Å². The van der Waals surface area contributed by atoms with Crippen LogP contribution < -0.4 is 0 Å². The monoisotopic (exact) mass is 119 g/mol. The summed E-state index contributed by atoms with van der Waals surface area (Å²) >= 11 is 0. The molecule has 0 bridgehead atoms. The summed E-state index contributed by atoms with van der Waals surface area (Å²) in [7, 11) is 0.390. The highest BCUT2D eigenvalue weighted by atomic mass is 15.0. The molecule has 4 heteroatoms. The summed E-state index contributed by atoms with van der Waals surface area (Å²) in [5, 5.41) is 8.23. The number of nitrogens with zero attached hydrogens (tertiary/aromatic N) is 3. The maximum Gasteiger partial charge on any atom is 0.365 e. The van der Waals surface area contributed by atoms with E-state index in [1.54, 1.807) is 10.8 Å². The average molecular weight is 119 g/mol. The van der Waals surface area contributed by atoms with Crippen molar-refractivity contribution in [3.8, 4) is 5.97 Å². The molecule has 0 spiro atoms. The van der Waals surface area contributed by atoms with Gasteiger partial charge >= 0.3 is 7.41 Å². The molecule has 1 heterocycles. The van der Waals surface area contributed by atoms with E-state index in [0.717, 1.165) is 5.69 Å². The zero-order valence-electron chi connectivity index (χ0n) is 5.20. The maximum atomic E-state index is 8.23. The van der Waals surface area contributed by atoms with Crippen LogP contribution in [0.5, 0.6) is 0 Å². The highest BCUT2D eigenvalue weighted by Crippen LogP contribution is 1.88. The predicted octanol–water partition coefficient (Wildman–Crippen LogP) is -0.128. The Morgan fingerprint density at radius 3 is 3.11 bits per heavy atom. The number of imidazole rings is 1. The summed E-state index contributed by atoms with van der Waals surface area (Å²) in [5.41, 5.74) is 0.949. The van der Waals surface area contributed by atoms with Gasteiger partial charge < -0.3 is 4.48 Å². The van der Waals surface area contributed by atoms with Crippen molar-refractivity contribution < 1.29 is 0 Å². The number of hydrogen-bond acceptors (Lipinski definition) is 2. The van der Waals surface area contributed by atoms with Gasteiger partial charge in [-0.3, -0.25) is 0 Å². The van der Waals surface area contributed by atoms with E-state index in [0.29, 0.717) is 7.41 Å². The van der Waals surface area contributed by atoms with Crippen LogP contribution in [0.3, 0.4) is 0 Å². The topological polar surface area (TPSA) is 41.6 Å². The summed E-state index contributed by atoms with van der Waals surface area (Å²) in [4.78, 5) is 3.95. The van der Waals surface area contributed by atoms with Gasteiger partial charge in [-0.2, -0.15) is 0 Å². The molecule has 1 aromatic rings. The maximum absolute atomic E-state index is 8.23. The van der Waals surface area contributed by atoms with Crippen LogP contribution in [0.25, 0.3) is 0 Å². The zero-order valence-corrected chi connectivity index (χ0v) is 5.20. The largest absolute Gasteiger partial charge is 0.370 e. The van der Waals surface area contributed by atoms with Crippen LogP contribution in [0, 0.1) is 18.2 Å². The van der Waals surface area contributed by atoms with Crippen LogP contribution >= 0.6 is 0 Å². The van der Waals surface area contributed by atoms with Crippen molar-refractivity contribution >= 4 is 7.41 Å². The van der Waals surface area contributed by atoms with Crippen molar-refractivity contribution in [3.63, 3.8) is 0 Å². The Morgan fingerprint density at radius 1 is 1.89 bits per heavy atom. The molecule has 9 heavy (non-hydrogen) atoms. The first-order valence-corrected chi connectivity index (χ1v) is 2.68. The van der Waals surface area contributed by atoms with E-state index in [4.69, 9.17) is 5.26 Å². The van der Waals surface area contributed by atoms with Crippen LogP contribution in [-0.2, 0) is 0 Å². The second kappa shape index (κ2) is 2.36. The Labute approximate surface area is 54.2 Å². The van der Waals surface area contributed by atoms with Crippen molar-refractivity contribution in [1.29, 1.82) is 5.26 Å². The lowest BCUT2D eigenvalue weighted by Crippen LogP contribution is -1.98. The van der Waals surface area contributed by atoms with Gasteiger partial charge in [0.2, 0.25) is 0 Å². The first-order chi connectivity index (χ1) is 4.33. The summed E-state index contributed by atoms with van der Waals surface area (Å²) in [6.45, 7) is 1.90. The molecule has 0 unspecified atom stereocenters. The van der Waals surface area contributed by atoms with Crippen LogP contribution in [0.1, 0.15) is 5.69 Å². The Kier molecular flexibility index (Phi) is 1.54. The quantitative estimate of drug-likeness (QED) is 0.483. The van der Waals surface area contributed by atoms with E-state index in [9.17, 15) is 0 Å². The highest BCUT2D eigenvalue weighted by molar-refractivity contribution is 6.43. The molecule has 3 nitrogen and oxygen atoms in total. The second-order valence-electron chi connectivity index (χ2n) is 1.85. The molecule has 1 rings (SSSR count). The molecule has 44 valence electrons. The molecule has 0 saturated carbocycles. The van der Waals surface area contributed by atoms with Crippen molar-refractivity contribution in [2.24, 2.45) is 0 Å². The molecule has 0 amide bonds. The van der Waals surface area contributed by atoms with Gasteiger partial charge in [0.25, 0.3) is 0 Å². The summed E-state index contributed by atoms with van der Waals surface area (Å²) in [5.74, 6) is 2.02. The third-order valence-electron chi connectivity index (χ3n) is 1.02. The first-order valence-electron chi connectivity index (χ1n) is 2.68. The summed E-state index contributed by atoms with van der Waals surface area (Å²) < 4.78 is 1.75. The van der Waals surface area contributed by atoms with Gasteiger partial charge in [0, 0.05) is 12.2 Å². The molecular weight excluding hydrogens is 113 g/mol. The van der Waals surface area contributed by atoms with Gasteiger partial charge in [-0.15, -0.1) is 0 Å². The lowest BCUT2D eigenvalue weighted by Gasteiger charge is -1.84. The lowest BCUT2D eigenvalue weighted by atomic mass is 9.99. The zero-order chi connectivity index (χ0) is 6.69. The van der Waals surface area contributed by atoms with Crippen molar-refractivity contribution in [2.75, 3.05) is 0 Å². The Balaban J connectivity index is 2.76. The predicted molar refractivity (Wildman–Crippen MR) is 35.1 cm³/mol. The van der Waals surface area contributed by atoms with Gasteiger partial charge in [0.15, 0.2) is 0 Å². The van der Waals surface area contributed by atoms with Crippen LogP contribution in [-0.4, -0.2) is 16.9 Å². The average Bonchev–Trinajstić information content (AvgIpc) is 2.17. The minimum atomic E-state index is 0.390. The van der Waals surface area contributed by atoms with Gasteiger partial charge in [-0.05, 0) is 6.92 Å². The van der Waals surface area contributed by atoms with Crippen LogP contribution in [0.15, 0.2) is 12.5 Å². The smallest absolute Gasteiger partial charge is 0.365 e. The normalized spacial score (nSPS) is 8.44. The number of aromatic nitrogens is 2. The number of hydrogen-bond donors (Lipinski definition) is 0. The van der Waals surface area contributed by atoms with Crippen LogP contribution in [0.2, 0.25) is 0 Å². The SMILES string of the molecule is Cc1cn(BC#N)cn1. The molecular formula is C5H6BN3. The van der Waals surface area contributed by atoms with Gasteiger partial charge in [0.1, 0.15) is 0 Å². The van der Waals surface area contributed by atoms with E-state index in [1.807, 2.05) is 19.1 Å². The molecule has 0 atom stereocenters. The fourth-order valence-electron chi connectivity index (χ4n) is 0.640. The van der Waals surface area contributed by atoms with Gasteiger partial charge in [-0.25, -0.2) is 10.2 Å². The molecule has 1 aromatic heterocycles. The number of rotatable bonds is 1. The van der Waals surface area contributed by atoms with Crippen molar-refractivity contribution in [2.45, 2.75) is 6.92 Å². The molecule has 0 aliphatic rings. The number of nitriles is 1. The third kappa shape index (κ3) is 1.33. The number of aryl methyl sites for hydroxylation is 1. The fraction of sp³-hybridized carbons (Fsp3) is 0.200. The molecule has 0 radical (unpaired) electrons. The molecule has 0 fully saturated rings. The third-order valence-corrected chi connectivity index (χ3v) is 1.02.